The van der Waals surface area contributed by atoms with Crippen LogP contribution in [0.1, 0.15) is 27.2 Å². The van der Waals surface area contributed by atoms with Crippen molar-refractivity contribution in [2.45, 2.75) is 76.1 Å². The Hall–Kier alpha value is -2.35. The van der Waals surface area contributed by atoms with Crippen molar-refractivity contribution in [3.63, 3.8) is 0 Å². The number of carbonyl (C=O) groups is 3. The second-order valence-corrected chi connectivity index (χ2v) is 15.2. The van der Waals surface area contributed by atoms with Gasteiger partial charge in [0.1, 0.15) is 23.4 Å². The van der Waals surface area contributed by atoms with Crippen LogP contribution in [0, 0.1) is 0 Å². The van der Waals surface area contributed by atoms with E-state index in [1.165, 1.54) is 0 Å². The van der Waals surface area contributed by atoms with E-state index in [-0.39, 0.29) is 30.4 Å². The van der Waals surface area contributed by atoms with Crippen LogP contribution in [0.3, 0.4) is 0 Å². The van der Waals surface area contributed by atoms with E-state index in [1.807, 2.05) is 39.0 Å². The van der Waals surface area contributed by atoms with Crippen molar-refractivity contribution in [1.29, 1.82) is 0 Å². The second-order valence-electron chi connectivity index (χ2n) is 9.92. The number of hydrogen-bond acceptors (Lipinski definition) is 5. The van der Waals surface area contributed by atoms with E-state index in [9.17, 15) is 14.4 Å². The number of carbonyl (C=O) groups excluding carboxylic acids is 3. The lowest BCUT2D eigenvalue weighted by molar-refractivity contribution is -0.174. The van der Waals surface area contributed by atoms with E-state index >= 15 is 0 Å². The summed E-state index contributed by atoms with van der Waals surface area (Å²) < 4.78 is 11.1. The van der Waals surface area contributed by atoms with Crippen molar-refractivity contribution in [2.75, 3.05) is 6.61 Å². The molecule has 1 aromatic rings. The highest BCUT2D eigenvalue weighted by Gasteiger charge is 2.56. The fourth-order valence-electron chi connectivity index (χ4n) is 4.14. The van der Waals surface area contributed by atoms with Crippen LogP contribution in [-0.4, -0.2) is 61.1 Å². The van der Waals surface area contributed by atoms with Gasteiger partial charge in [0.2, 0.25) is 5.91 Å². The molecule has 0 aliphatic carbocycles. The third-order valence-corrected chi connectivity index (χ3v) is 8.73. The summed E-state index contributed by atoms with van der Waals surface area (Å²) in [7, 11) is -1.62. The van der Waals surface area contributed by atoms with E-state index in [1.54, 1.807) is 17.0 Å². The summed E-state index contributed by atoms with van der Waals surface area (Å²) >= 11 is 0. The topological polar surface area (TPSA) is 84.9 Å². The molecule has 7 nitrogen and oxygen atoms in total. The Balaban J connectivity index is 1.67. The summed E-state index contributed by atoms with van der Waals surface area (Å²) in [4.78, 5) is 39.8. The van der Waals surface area contributed by atoms with E-state index in [0.717, 1.165) is 12.1 Å². The molecule has 2 heterocycles. The molecule has 1 aromatic carbocycles. The minimum Gasteiger partial charge on any atom is -0.484 e. The lowest BCUT2D eigenvalue weighted by Crippen LogP contribution is -2.74. The molecular weight excluding hydrogens is 400 g/mol. The van der Waals surface area contributed by atoms with Crippen LogP contribution in [0.5, 0.6) is 5.75 Å². The van der Waals surface area contributed by atoms with Gasteiger partial charge in [-0.25, -0.2) is 4.79 Å². The second kappa shape index (κ2) is 8.41. The molecular formula is C22H32N2O5Si. The van der Waals surface area contributed by atoms with Crippen LogP contribution in [0.25, 0.3) is 0 Å². The maximum absolute atomic E-state index is 12.9. The van der Waals surface area contributed by atoms with Crippen molar-refractivity contribution < 1.29 is 23.9 Å². The molecule has 164 valence electrons. The lowest BCUT2D eigenvalue weighted by Gasteiger charge is -2.50. The summed E-state index contributed by atoms with van der Waals surface area (Å²) in [5.41, 5.74) is -0.609. The maximum Gasteiger partial charge on any atom is 0.329 e. The Labute approximate surface area is 179 Å². The zero-order valence-corrected chi connectivity index (χ0v) is 19.4. The quantitative estimate of drug-likeness (QED) is 0.439. The predicted molar refractivity (Wildman–Crippen MR) is 116 cm³/mol. The summed E-state index contributed by atoms with van der Waals surface area (Å²) in [6.45, 7) is 9.85. The minimum absolute atomic E-state index is 0.156. The molecule has 2 amide bonds. The van der Waals surface area contributed by atoms with E-state index in [0.29, 0.717) is 12.2 Å². The first kappa shape index (κ1) is 22.3. The third kappa shape index (κ3) is 5.22. The Bertz CT molecular complexity index is 805. The fraction of sp³-hybridized carbons (Fsp3) is 0.591. The Morgan fingerprint density at radius 1 is 1.20 bits per heavy atom. The van der Waals surface area contributed by atoms with Gasteiger partial charge in [-0.15, -0.1) is 0 Å². The third-order valence-electron chi connectivity index (χ3n) is 5.56. The van der Waals surface area contributed by atoms with Gasteiger partial charge < -0.3 is 19.7 Å². The zero-order valence-electron chi connectivity index (χ0n) is 18.4. The molecule has 2 aliphatic heterocycles. The molecule has 2 aliphatic rings. The number of fused-ring (bicyclic) bond motifs is 1. The van der Waals surface area contributed by atoms with Crippen molar-refractivity contribution in [3.8, 4) is 5.75 Å². The lowest BCUT2D eigenvalue weighted by atomic mass is 9.92. The average Bonchev–Trinajstić information content (AvgIpc) is 2.78. The highest BCUT2D eigenvalue weighted by atomic mass is 28.3. The summed E-state index contributed by atoms with van der Waals surface area (Å²) in [5.74, 6) is -0.308. The largest absolute Gasteiger partial charge is 0.484 e. The SMILES string of the molecule is CC(C)(C)OC(=O)[C@@H]1CC[Si](C)(C)C[C@@H]2[C@H](NC(=O)COc3ccccc3)C(=O)N21. The maximum atomic E-state index is 12.9. The molecule has 0 bridgehead atoms. The summed E-state index contributed by atoms with van der Waals surface area (Å²) in [6, 6.07) is 9.51. The molecule has 1 N–H and O–H groups in total. The van der Waals surface area contributed by atoms with E-state index in [4.69, 9.17) is 9.47 Å². The first-order valence-electron chi connectivity index (χ1n) is 10.5. The van der Waals surface area contributed by atoms with Gasteiger partial charge in [0.05, 0.1) is 6.04 Å². The van der Waals surface area contributed by atoms with Crippen molar-refractivity contribution in [1.82, 2.24) is 10.2 Å². The number of amides is 2. The summed E-state index contributed by atoms with van der Waals surface area (Å²) in [5, 5.41) is 2.82. The first-order chi connectivity index (χ1) is 14.0. The number of nitrogens with one attached hydrogen (secondary N) is 1. The van der Waals surface area contributed by atoms with Gasteiger partial charge in [-0.05, 0) is 45.4 Å². The molecule has 0 radical (unpaired) electrons. The van der Waals surface area contributed by atoms with Crippen molar-refractivity contribution in [2.24, 2.45) is 0 Å². The average molecular weight is 433 g/mol. The molecule has 0 aromatic heterocycles. The highest BCUT2D eigenvalue weighted by Crippen LogP contribution is 2.38. The highest BCUT2D eigenvalue weighted by molar-refractivity contribution is 6.77. The van der Waals surface area contributed by atoms with Crippen LogP contribution in [-0.2, 0) is 19.1 Å². The molecule has 8 heteroatoms. The molecule has 0 spiro atoms. The normalized spacial score (nSPS) is 25.4. The van der Waals surface area contributed by atoms with Gasteiger partial charge in [-0.2, -0.15) is 0 Å². The fourth-order valence-corrected chi connectivity index (χ4v) is 6.97. The van der Waals surface area contributed by atoms with Crippen molar-refractivity contribution in [3.05, 3.63) is 30.3 Å². The molecule has 3 atom stereocenters. The standard InChI is InChI=1S/C22H32N2O5Si/c1-22(2,3)29-21(27)16-11-12-30(4,5)14-17-19(20(26)24(16)17)23-18(25)13-28-15-9-7-6-8-10-15/h6-10,16-17,19H,11-14H2,1-5H3,(H,23,25)/t16-,17+,19-/m0/s1. The molecule has 0 saturated carbocycles. The summed E-state index contributed by atoms with van der Waals surface area (Å²) in [6.07, 6.45) is 0.619. The van der Waals surface area contributed by atoms with Gasteiger partial charge >= 0.3 is 5.97 Å². The number of β-lactam (4-membered cyclic amide) rings is 1. The van der Waals surface area contributed by atoms with Crippen LogP contribution >= 0.6 is 0 Å². The molecule has 3 rings (SSSR count). The number of para-hydroxylation sites is 1. The molecule has 2 fully saturated rings. The number of esters is 1. The van der Waals surface area contributed by atoms with Crippen LogP contribution in [0.15, 0.2) is 30.3 Å². The smallest absolute Gasteiger partial charge is 0.329 e. The number of rotatable bonds is 5. The van der Waals surface area contributed by atoms with Crippen LogP contribution in [0.4, 0.5) is 0 Å². The van der Waals surface area contributed by atoms with Gasteiger partial charge in [-0.1, -0.05) is 37.3 Å². The zero-order chi connectivity index (χ0) is 22.1. The Morgan fingerprint density at radius 3 is 2.50 bits per heavy atom. The molecule has 30 heavy (non-hydrogen) atoms. The van der Waals surface area contributed by atoms with Crippen LogP contribution in [0.2, 0.25) is 25.2 Å². The monoisotopic (exact) mass is 432 g/mol. The van der Waals surface area contributed by atoms with Crippen LogP contribution < -0.4 is 10.1 Å². The van der Waals surface area contributed by atoms with E-state index in [2.05, 4.69) is 18.4 Å². The van der Waals surface area contributed by atoms with E-state index < -0.39 is 25.8 Å². The number of nitrogens with zero attached hydrogens (tertiary/aromatic N) is 1. The Kier molecular flexibility index (Phi) is 6.26. The van der Waals surface area contributed by atoms with Gasteiger partial charge in [-0.3, -0.25) is 9.59 Å². The molecule has 2 saturated heterocycles. The van der Waals surface area contributed by atoms with Gasteiger partial charge in [0.15, 0.2) is 6.61 Å². The van der Waals surface area contributed by atoms with Gasteiger partial charge in [0, 0.05) is 8.07 Å². The molecule has 0 unspecified atom stereocenters. The first-order valence-corrected chi connectivity index (χ1v) is 13.9. The van der Waals surface area contributed by atoms with Gasteiger partial charge in [0.25, 0.3) is 5.91 Å². The number of hydrogen-bond donors (Lipinski definition) is 1. The number of ether oxygens (including phenoxy) is 2. The Morgan fingerprint density at radius 2 is 1.87 bits per heavy atom. The predicted octanol–water partition coefficient (Wildman–Crippen LogP) is 2.58. The van der Waals surface area contributed by atoms with Crippen molar-refractivity contribution >= 4 is 25.9 Å². The minimum atomic E-state index is -1.62. The number of benzene rings is 1.